The fourth-order valence-corrected chi connectivity index (χ4v) is 1.53. The van der Waals surface area contributed by atoms with Gasteiger partial charge in [0.05, 0.1) is 22.5 Å². The van der Waals surface area contributed by atoms with Crippen molar-refractivity contribution in [3.63, 3.8) is 0 Å². The number of oxime groups is 1. The lowest BCUT2D eigenvalue weighted by Gasteiger charge is -1.90. The molecule has 0 amide bonds. The van der Waals surface area contributed by atoms with Crippen LogP contribution < -0.4 is 5.63 Å². The molecule has 108 valence electrons. The van der Waals surface area contributed by atoms with E-state index in [-0.39, 0.29) is 5.57 Å². The number of hydrogen-bond acceptors (Lipinski definition) is 6. The fraction of sp³-hybridized carbons (Fsp3) is 0.143. The molecule has 1 aliphatic rings. The molecule has 1 aliphatic heterocycles. The molecular formula is C14H13N3O4. The van der Waals surface area contributed by atoms with Crippen LogP contribution >= 0.6 is 0 Å². The van der Waals surface area contributed by atoms with Gasteiger partial charge in [-0.05, 0) is 32.1 Å². The smallest absolute Gasteiger partial charge is 0.338 e. The van der Waals surface area contributed by atoms with Gasteiger partial charge in [-0.3, -0.25) is 4.98 Å². The monoisotopic (exact) mass is 287 g/mol. The van der Waals surface area contributed by atoms with Crippen LogP contribution in [0.4, 0.5) is 0 Å². The average Bonchev–Trinajstić information content (AvgIpc) is 2.99. The zero-order chi connectivity index (χ0) is 15.2. The highest BCUT2D eigenvalue weighted by molar-refractivity contribution is 6.24. The molecule has 0 aliphatic carbocycles. The fourth-order valence-electron chi connectivity index (χ4n) is 1.53. The van der Waals surface area contributed by atoms with Crippen molar-refractivity contribution < 1.29 is 14.2 Å². The Morgan fingerprint density at radius 3 is 2.24 bits per heavy atom. The first kappa shape index (κ1) is 14.4. The summed E-state index contributed by atoms with van der Waals surface area (Å²) >= 11 is 0. The third kappa shape index (κ3) is 3.53. The van der Waals surface area contributed by atoms with Crippen LogP contribution in [0, 0.1) is 6.92 Å². The minimum Gasteiger partial charge on any atom is -0.338 e. The van der Waals surface area contributed by atoms with E-state index in [1.54, 1.807) is 26.2 Å². The molecule has 21 heavy (non-hydrogen) atoms. The van der Waals surface area contributed by atoms with Gasteiger partial charge >= 0.3 is 11.6 Å². The van der Waals surface area contributed by atoms with Gasteiger partial charge in [0.15, 0.2) is 0 Å². The molecule has 0 fully saturated rings. The predicted molar refractivity (Wildman–Crippen MR) is 75.5 cm³/mol. The largest absolute Gasteiger partial charge is 0.367 e. The summed E-state index contributed by atoms with van der Waals surface area (Å²) in [6.07, 6.45) is 4.91. The maximum absolute atomic E-state index is 11.2. The molecule has 2 aromatic rings. The maximum atomic E-state index is 11.2. The van der Waals surface area contributed by atoms with Crippen LogP contribution in [-0.2, 0) is 9.63 Å². The molecule has 0 radical (unpaired) electrons. The summed E-state index contributed by atoms with van der Waals surface area (Å²) in [5.41, 5.74) is 1.05. The predicted octanol–water partition coefficient (Wildman–Crippen LogP) is 1.67. The first-order valence-electron chi connectivity index (χ1n) is 6.10. The second-order valence-electron chi connectivity index (χ2n) is 4.17. The highest BCUT2D eigenvalue weighted by Gasteiger charge is 2.23. The van der Waals surface area contributed by atoms with Crippen molar-refractivity contribution in [3.05, 3.63) is 57.8 Å². The van der Waals surface area contributed by atoms with Gasteiger partial charge < -0.3 is 9.36 Å². The van der Waals surface area contributed by atoms with Crippen LogP contribution in [0.25, 0.3) is 6.08 Å². The summed E-state index contributed by atoms with van der Waals surface area (Å²) in [6.45, 7) is 3.30. The van der Waals surface area contributed by atoms with Crippen molar-refractivity contribution in [1.82, 2.24) is 10.1 Å². The van der Waals surface area contributed by atoms with E-state index < -0.39 is 11.6 Å². The van der Waals surface area contributed by atoms with Gasteiger partial charge in [-0.25, -0.2) is 14.7 Å². The van der Waals surface area contributed by atoms with Crippen LogP contribution in [0.3, 0.4) is 0 Å². The zero-order valence-corrected chi connectivity index (χ0v) is 11.5. The molecule has 0 atom stereocenters. The molecule has 2 aromatic heterocycles. The molecule has 0 saturated heterocycles. The Balaban J connectivity index is 0.000000225. The summed E-state index contributed by atoms with van der Waals surface area (Å²) in [4.78, 5) is 30.6. The van der Waals surface area contributed by atoms with E-state index in [0.717, 1.165) is 0 Å². The van der Waals surface area contributed by atoms with E-state index in [0.29, 0.717) is 17.0 Å². The van der Waals surface area contributed by atoms with Gasteiger partial charge in [-0.1, -0.05) is 11.2 Å². The van der Waals surface area contributed by atoms with Gasteiger partial charge in [-0.2, -0.15) is 0 Å². The Kier molecular flexibility index (Phi) is 4.45. The molecule has 7 heteroatoms. The Morgan fingerprint density at radius 2 is 1.86 bits per heavy atom. The van der Waals surface area contributed by atoms with Crippen LogP contribution in [0.5, 0.6) is 0 Å². The van der Waals surface area contributed by atoms with E-state index in [1.807, 2.05) is 18.2 Å². The van der Waals surface area contributed by atoms with E-state index >= 15 is 0 Å². The SMILES string of the molecule is CC1=NOC(=O)C1=Cc1c(C)[nH]oc1=O.c1ccncc1. The minimum absolute atomic E-state index is 0.269. The summed E-state index contributed by atoms with van der Waals surface area (Å²) in [5.74, 6) is -0.563. The number of aromatic nitrogens is 2. The molecule has 0 aromatic carbocycles. The second kappa shape index (κ2) is 6.47. The first-order chi connectivity index (χ1) is 10.1. The van der Waals surface area contributed by atoms with Crippen molar-refractivity contribution in [2.24, 2.45) is 5.16 Å². The highest BCUT2D eigenvalue weighted by atomic mass is 16.7. The number of H-pyrrole nitrogens is 1. The summed E-state index contributed by atoms with van der Waals surface area (Å²) in [6, 6.07) is 5.72. The summed E-state index contributed by atoms with van der Waals surface area (Å²) in [5, 5.41) is 5.91. The maximum Gasteiger partial charge on any atom is 0.367 e. The van der Waals surface area contributed by atoms with Gasteiger partial charge in [0.25, 0.3) is 0 Å². The molecule has 0 bridgehead atoms. The number of rotatable bonds is 1. The number of hydrogen-bond donors (Lipinski definition) is 1. The Hall–Kier alpha value is -2.96. The zero-order valence-electron chi connectivity index (χ0n) is 11.5. The molecular weight excluding hydrogens is 274 g/mol. The molecule has 0 spiro atoms. The lowest BCUT2D eigenvalue weighted by molar-refractivity contribution is -0.136. The molecule has 3 rings (SSSR count). The first-order valence-corrected chi connectivity index (χ1v) is 6.10. The Labute approximate surface area is 119 Å². The number of carbonyl (C=O) groups excluding carboxylic acids is 1. The van der Waals surface area contributed by atoms with Crippen molar-refractivity contribution in [1.29, 1.82) is 0 Å². The minimum atomic E-state index is -0.563. The average molecular weight is 287 g/mol. The van der Waals surface area contributed by atoms with E-state index in [2.05, 4.69) is 24.7 Å². The van der Waals surface area contributed by atoms with Crippen LogP contribution in [0.15, 0.2) is 50.6 Å². The lowest BCUT2D eigenvalue weighted by atomic mass is 10.1. The number of nitrogens with one attached hydrogen (secondary N) is 1. The normalized spacial score (nSPS) is 15.2. The molecule has 7 nitrogen and oxygen atoms in total. The Bertz CT molecular complexity index is 714. The van der Waals surface area contributed by atoms with E-state index in [4.69, 9.17) is 0 Å². The number of pyridine rings is 1. The Morgan fingerprint density at radius 1 is 1.14 bits per heavy atom. The summed E-state index contributed by atoms with van der Waals surface area (Å²) in [7, 11) is 0. The number of carbonyl (C=O) groups is 1. The quantitative estimate of drug-likeness (QED) is 0.635. The number of aromatic amines is 1. The van der Waals surface area contributed by atoms with Gasteiger partial charge in [0.1, 0.15) is 0 Å². The third-order valence-electron chi connectivity index (χ3n) is 2.65. The van der Waals surface area contributed by atoms with Crippen molar-refractivity contribution in [2.75, 3.05) is 0 Å². The van der Waals surface area contributed by atoms with E-state index in [1.165, 1.54) is 6.08 Å². The van der Waals surface area contributed by atoms with Crippen LogP contribution in [0.2, 0.25) is 0 Å². The summed E-state index contributed by atoms with van der Waals surface area (Å²) < 4.78 is 4.56. The number of aryl methyl sites for hydroxylation is 1. The third-order valence-corrected chi connectivity index (χ3v) is 2.65. The molecule has 3 heterocycles. The van der Waals surface area contributed by atoms with Crippen LogP contribution in [-0.4, -0.2) is 21.8 Å². The number of nitrogens with zero attached hydrogens (tertiary/aromatic N) is 2. The molecule has 1 N–H and O–H groups in total. The van der Waals surface area contributed by atoms with Crippen molar-refractivity contribution in [3.8, 4) is 0 Å². The van der Waals surface area contributed by atoms with Gasteiger partial charge in [0, 0.05) is 12.4 Å². The van der Waals surface area contributed by atoms with Gasteiger partial charge in [0.2, 0.25) is 0 Å². The topological polar surface area (TPSA) is 97.5 Å². The molecule has 0 unspecified atom stereocenters. The van der Waals surface area contributed by atoms with Crippen LogP contribution in [0.1, 0.15) is 18.2 Å². The highest BCUT2D eigenvalue weighted by Crippen LogP contribution is 2.14. The lowest BCUT2D eigenvalue weighted by Crippen LogP contribution is -2.05. The molecule has 0 saturated carbocycles. The second-order valence-corrected chi connectivity index (χ2v) is 4.17. The van der Waals surface area contributed by atoms with Crippen molar-refractivity contribution in [2.45, 2.75) is 13.8 Å². The standard InChI is InChI=1S/C9H8N2O4.C5H5N/c1-4-6(8(12)14-10-4)3-7-5(2)11-15-9(7)13;1-2-4-6-5-3-1/h3,10H,1-2H3;1-5H. The van der Waals surface area contributed by atoms with E-state index in [9.17, 15) is 9.59 Å². The van der Waals surface area contributed by atoms with Gasteiger partial charge in [-0.15, -0.1) is 0 Å². The van der Waals surface area contributed by atoms with Crippen molar-refractivity contribution >= 4 is 17.8 Å².